The molecular weight excluding hydrogens is 589 g/mol. The van der Waals surface area contributed by atoms with E-state index >= 15 is 0 Å². The zero-order valence-corrected chi connectivity index (χ0v) is 25.7. The van der Waals surface area contributed by atoms with E-state index in [1.165, 1.54) is 16.7 Å². The quantitative estimate of drug-likeness (QED) is 0.182. The van der Waals surface area contributed by atoms with Crippen molar-refractivity contribution < 1.29 is 6.85 Å². The third-order valence-corrected chi connectivity index (χ3v) is 10.7. The van der Waals surface area contributed by atoms with Gasteiger partial charge in [0.05, 0.1) is 28.9 Å². The molecule has 0 aliphatic carbocycles. The lowest BCUT2D eigenvalue weighted by Gasteiger charge is -2.11. The standard InChI is InChI=1S/C44H26N2S/c1-2-11-30(12-3-1)45-39-21-19-27-10-4-5-13-32(27)44(39)37-25-35-33-14-6-8-16-38(33)46(40(35)26-41(37)45)31-20-18-28-24-43-36(23-29(28)22-31)34-15-7-9-17-42(34)47-43/h1-26H/i18D,20D,22D,23D,24D. The lowest BCUT2D eigenvalue weighted by atomic mass is 10.0. The van der Waals surface area contributed by atoms with Crippen molar-refractivity contribution in [3.05, 3.63) is 158 Å². The van der Waals surface area contributed by atoms with Crippen molar-refractivity contribution in [2.75, 3.05) is 0 Å². The molecule has 0 amide bonds. The lowest BCUT2D eigenvalue weighted by Crippen LogP contribution is -1.96. The van der Waals surface area contributed by atoms with Crippen molar-refractivity contribution in [3.63, 3.8) is 0 Å². The highest BCUT2D eigenvalue weighted by Crippen LogP contribution is 2.42. The molecule has 0 saturated heterocycles. The van der Waals surface area contributed by atoms with E-state index in [2.05, 4.69) is 71.3 Å². The molecule has 3 heterocycles. The van der Waals surface area contributed by atoms with Crippen LogP contribution in [0.15, 0.2) is 158 Å². The molecule has 11 aromatic rings. The second-order valence-corrected chi connectivity index (χ2v) is 13.2. The molecule has 0 spiro atoms. The summed E-state index contributed by atoms with van der Waals surface area (Å²) in [6, 6.07) is 43.3. The summed E-state index contributed by atoms with van der Waals surface area (Å²) in [7, 11) is 0. The van der Waals surface area contributed by atoms with Crippen LogP contribution in [0.25, 0.3) is 96.7 Å². The van der Waals surface area contributed by atoms with Gasteiger partial charge in [0.1, 0.15) is 0 Å². The third kappa shape index (κ3) is 3.49. The molecule has 218 valence electrons. The number of fused-ring (bicyclic) bond motifs is 12. The summed E-state index contributed by atoms with van der Waals surface area (Å²) in [5, 5.41) is 8.43. The minimum atomic E-state index is -0.143. The molecule has 8 aromatic carbocycles. The van der Waals surface area contributed by atoms with Crippen molar-refractivity contribution in [1.29, 1.82) is 0 Å². The minimum absolute atomic E-state index is 0.0240. The summed E-state index contributed by atoms with van der Waals surface area (Å²) in [4.78, 5) is 0. The fraction of sp³-hybridized carbons (Fsp3) is 0. The van der Waals surface area contributed by atoms with E-state index < -0.39 is 0 Å². The van der Waals surface area contributed by atoms with Gasteiger partial charge in [-0.15, -0.1) is 11.3 Å². The first-order chi connectivity index (χ1) is 25.4. The Kier molecular flexibility index (Phi) is 4.16. The van der Waals surface area contributed by atoms with Gasteiger partial charge in [-0.3, -0.25) is 0 Å². The molecule has 0 aliphatic heterocycles. The first kappa shape index (κ1) is 21.0. The van der Waals surface area contributed by atoms with Crippen LogP contribution in [0.5, 0.6) is 0 Å². The Morgan fingerprint density at radius 2 is 1.15 bits per heavy atom. The Morgan fingerprint density at radius 3 is 2.06 bits per heavy atom. The molecule has 11 rings (SSSR count). The van der Waals surface area contributed by atoms with Gasteiger partial charge in [-0.25, -0.2) is 0 Å². The van der Waals surface area contributed by atoms with Crippen LogP contribution >= 0.6 is 11.3 Å². The maximum Gasteiger partial charge on any atom is 0.0651 e. The van der Waals surface area contributed by atoms with E-state index in [-0.39, 0.29) is 46.7 Å². The van der Waals surface area contributed by atoms with Crippen LogP contribution in [0.3, 0.4) is 0 Å². The van der Waals surface area contributed by atoms with Gasteiger partial charge in [-0.1, -0.05) is 91.0 Å². The monoisotopic (exact) mass is 619 g/mol. The van der Waals surface area contributed by atoms with Crippen molar-refractivity contribution in [3.8, 4) is 11.4 Å². The summed E-state index contributed by atoms with van der Waals surface area (Å²) < 4.78 is 53.1. The Bertz CT molecular complexity index is 3360. The number of thiophene rings is 1. The highest BCUT2D eigenvalue weighted by Gasteiger charge is 2.20. The van der Waals surface area contributed by atoms with Crippen LogP contribution < -0.4 is 0 Å². The van der Waals surface area contributed by atoms with Crippen molar-refractivity contribution in [2.45, 2.75) is 0 Å². The number of para-hydroxylation sites is 2. The number of benzene rings is 8. The molecular formula is C44H26N2S. The van der Waals surface area contributed by atoms with Crippen LogP contribution in [0.2, 0.25) is 0 Å². The van der Waals surface area contributed by atoms with Crippen molar-refractivity contribution >= 4 is 96.7 Å². The highest BCUT2D eigenvalue weighted by molar-refractivity contribution is 7.25. The smallest absolute Gasteiger partial charge is 0.0651 e. The SMILES string of the molecule is [2H]c1c(-n2c3ccccc3c3cc4c5c6ccccc6ccc5n(-c5ccccc5)c4cc32)c([2H])c2c([2H])c3c(sc4ccccc43)c([2H])c2c1[2H]. The first-order valence-corrected chi connectivity index (χ1v) is 16.5. The van der Waals surface area contributed by atoms with Gasteiger partial charge in [-0.2, -0.15) is 0 Å². The van der Waals surface area contributed by atoms with Crippen LogP contribution in [0.4, 0.5) is 0 Å². The molecule has 0 N–H and O–H groups in total. The zero-order valence-electron chi connectivity index (χ0n) is 29.9. The summed E-state index contributed by atoms with van der Waals surface area (Å²) in [5.41, 5.74) is 4.95. The summed E-state index contributed by atoms with van der Waals surface area (Å²) in [6.07, 6.45) is 0. The summed E-state index contributed by atoms with van der Waals surface area (Å²) in [6.45, 7) is 0. The lowest BCUT2D eigenvalue weighted by molar-refractivity contribution is 1.17. The number of nitrogens with zero attached hydrogens (tertiary/aromatic N) is 2. The van der Waals surface area contributed by atoms with Gasteiger partial charge >= 0.3 is 0 Å². The average molecular weight is 620 g/mol. The molecule has 0 aliphatic rings. The molecule has 47 heavy (non-hydrogen) atoms. The van der Waals surface area contributed by atoms with Crippen molar-refractivity contribution in [1.82, 2.24) is 9.13 Å². The Labute approximate surface area is 281 Å². The Hall–Kier alpha value is -5.90. The topological polar surface area (TPSA) is 9.86 Å². The molecule has 0 saturated carbocycles. The van der Waals surface area contributed by atoms with Crippen LogP contribution in [0, 0.1) is 0 Å². The minimum Gasteiger partial charge on any atom is -0.309 e. The fourth-order valence-corrected chi connectivity index (χ4v) is 8.60. The van der Waals surface area contributed by atoms with E-state index in [1.54, 1.807) is 0 Å². The molecule has 0 bridgehead atoms. The number of hydrogen-bond donors (Lipinski definition) is 0. The highest BCUT2D eigenvalue weighted by atomic mass is 32.1. The number of rotatable bonds is 2. The maximum absolute atomic E-state index is 9.77. The van der Waals surface area contributed by atoms with Gasteiger partial charge in [0.15, 0.2) is 0 Å². The predicted octanol–water partition coefficient (Wildman–Crippen LogP) is 12.6. The van der Waals surface area contributed by atoms with Crippen LogP contribution in [-0.4, -0.2) is 9.13 Å². The van der Waals surface area contributed by atoms with Gasteiger partial charge in [0, 0.05) is 53.1 Å². The molecule has 0 fully saturated rings. The van der Waals surface area contributed by atoms with Crippen LogP contribution in [0.1, 0.15) is 6.85 Å². The van der Waals surface area contributed by atoms with E-state index in [4.69, 9.17) is 0 Å². The second kappa shape index (κ2) is 9.32. The summed E-state index contributed by atoms with van der Waals surface area (Å²) >= 11 is 1.43. The molecule has 3 heteroatoms. The molecule has 0 atom stereocenters. The van der Waals surface area contributed by atoms with Crippen molar-refractivity contribution in [2.24, 2.45) is 0 Å². The van der Waals surface area contributed by atoms with Gasteiger partial charge < -0.3 is 9.13 Å². The first-order valence-electron chi connectivity index (χ1n) is 18.2. The molecule has 3 aromatic heterocycles. The normalized spacial score (nSPS) is 13.7. The molecule has 2 nitrogen and oxygen atoms in total. The van der Waals surface area contributed by atoms with Crippen LogP contribution in [-0.2, 0) is 0 Å². The number of hydrogen-bond acceptors (Lipinski definition) is 1. The third-order valence-electron chi connectivity index (χ3n) is 9.57. The summed E-state index contributed by atoms with van der Waals surface area (Å²) in [5.74, 6) is 0. The van der Waals surface area contributed by atoms with E-state index in [0.29, 0.717) is 10.1 Å². The van der Waals surface area contributed by atoms with E-state index in [9.17, 15) is 6.85 Å². The van der Waals surface area contributed by atoms with Gasteiger partial charge in [0.25, 0.3) is 0 Å². The average Bonchev–Trinajstić information content (AvgIpc) is 3.83. The zero-order chi connectivity index (χ0) is 35.0. The maximum atomic E-state index is 9.77. The van der Waals surface area contributed by atoms with E-state index in [1.807, 2.05) is 65.2 Å². The largest absolute Gasteiger partial charge is 0.309 e. The molecule has 0 unspecified atom stereocenters. The second-order valence-electron chi connectivity index (χ2n) is 12.1. The van der Waals surface area contributed by atoms with Gasteiger partial charge in [-0.05, 0) is 88.2 Å². The fourth-order valence-electron chi connectivity index (χ4n) is 7.54. The number of aromatic nitrogens is 2. The Balaban J connectivity index is 1.33. The Morgan fingerprint density at radius 1 is 0.404 bits per heavy atom. The molecule has 0 radical (unpaired) electrons. The van der Waals surface area contributed by atoms with Gasteiger partial charge in [0.2, 0.25) is 0 Å². The van der Waals surface area contributed by atoms with E-state index in [0.717, 1.165) is 64.8 Å². The predicted molar refractivity (Wildman–Crippen MR) is 203 cm³/mol.